The molecular formula is C19H17N5O2. The molecule has 0 spiro atoms. The number of nitrogens with zero attached hydrogens (tertiary/aromatic N) is 5. The van der Waals surface area contributed by atoms with Gasteiger partial charge in [0.05, 0.1) is 11.4 Å². The predicted octanol–water partition coefficient (Wildman–Crippen LogP) is 2.60. The molecule has 1 amide bonds. The van der Waals surface area contributed by atoms with Gasteiger partial charge in [0, 0.05) is 55.0 Å². The Balaban J connectivity index is 1.44. The van der Waals surface area contributed by atoms with E-state index in [1.54, 1.807) is 29.7 Å². The molecule has 7 heteroatoms. The van der Waals surface area contributed by atoms with Crippen molar-refractivity contribution in [2.45, 2.75) is 31.7 Å². The molecule has 1 saturated carbocycles. The van der Waals surface area contributed by atoms with Crippen molar-refractivity contribution in [3.63, 3.8) is 0 Å². The van der Waals surface area contributed by atoms with Crippen LogP contribution in [-0.4, -0.2) is 37.5 Å². The van der Waals surface area contributed by atoms with Crippen molar-refractivity contribution in [1.29, 1.82) is 0 Å². The maximum absolute atomic E-state index is 12.9. The summed E-state index contributed by atoms with van der Waals surface area (Å²) < 4.78 is 5.33. The molecule has 7 nitrogen and oxygen atoms in total. The molecule has 130 valence electrons. The number of pyridine rings is 1. The number of hydrogen-bond donors (Lipinski definition) is 0. The van der Waals surface area contributed by atoms with Gasteiger partial charge in [-0.3, -0.25) is 9.78 Å². The molecule has 0 saturated heterocycles. The number of aromatic nitrogens is 4. The maximum atomic E-state index is 12.9. The molecule has 0 unspecified atom stereocenters. The second kappa shape index (κ2) is 6.01. The minimum atomic E-state index is -0.101. The van der Waals surface area contributed by atoms with E-state index in [1.165, 1.54) is 0 Å². The third-order valence-electron chi connectivity index (χ3n) is 4.97. The van der Waals surface area contributed by atoms with Crippen LogP contribution in [0.15, 0.2) is 41.4 Å². The Morgan fingerprint density at radius 1 is 1.19 bits per heavy atom. The minimum absolute atomic E-state index is 0.101. The standard InChI is InChI=1S/C19H17N5O2/c25-19(16-9-17(26-23-16)12-1-2-12)24-8-5-15-14(10-24)18(22-11-21-15)13-3-6-20-7-4-13/h3-4,6-7,9,11-12H,1-2,5,8,10H2. The van der Waals surface area contributed by atoms with Gasteiger partial charge in [0.25, 0.3) is 5.91 Å². The van der Waals surface area contributed by atoms with Gasteiger partial charge in [-0.15, -0.1) is 0 Å². The Labute approximate surface area is 150 Å². The van der Waals surface area contributed by atoms with Crippen LogP contribution in [0.5, 0.6) is 0 Å². The first-order valence-electron chi connectivity index (χ1n) is 8.78. The van der Waals surface area contributed by atoms with Gasteiger partial charge in [0.15, 0.2) is 5.69 Å². The van der Waals surface area contributed by atoms with Crippen molar-refractivity contribution in [3.8, 4) is 11.3 Å². The van der Waals surface area contributed by atoms with Crippen LogP contribution in [0, 0.1) is 0 Å². The highest BCUT2D eigenvalue weighted by atomic mass is 16.5. The van der Waals surface area contributed by atoms with Crippen LogP contribution in [0.1, 0.15) is 46.3 Å². The lowest BCUT2D eigenvalue weighted by Crippen LogP contribution is -2.37. The van der Waals surface area contributed by atoms with Gasteiger partial charge in [0.2, 0.25) is 0 Å². The Kier molecular flexibility index (Phi) is 3.51. The van der Waals surface area contributed by atoms with Crippen LogP contribution in [0.25, 0.3) is 11.3 Å². The summed E-state index contributed by atoms with van der Waals surface area (Å²) in [4.78, 5) is 27.6. The zero-order valence-corrected chi connectivity index (χ0v) is 14.1. The molecule has 3 aromatic heterocycles. The van der Waals surface area contributed by atoms with E-state index in [9.17, 15) is 4.79 Å². The zero-order valence-electron chi connectivity index (χ0n) is 14.1. The highest BCUT2D eigenvalue weighted by Crippen LogP contribution is 2.40. The topological polar surface area (TPSA) is 85.0 Å². The number of fused-ring (bicyclic) bond motifs is 1. The molecular weight excluding hydrogens is 330 g/mol. The van der Waals surface area contributed by atoms with Gasteiger partial charge in [-0.2, -0.15) is 0 Å². The molecule has 0 bridgehead atoms. The molecule has 1 aliphatic heterocycles. The van der Waals surface area contributed by atoms with Crippen molar-refractivity contribution in [3.05, 3.63) is 59.6 Å². The summed E-state index contributed by atoms with van der Waals surface area (Å²) in [6, 6.07) is 5.63. The summed E-state index contributed by atoms with van der Waals surface area (Å²) in [5, 5.41) is 3.98. The maximum Gasteiger partial charge on any atom is 0.276 e. The molecule has 0 atom stereocenters. The Bertz CT molecular complexity index is 965. The summed E-state index contributed by atoms with van der Waals surface area (Å²) in [6.07, 6.45) is 8.01. The Morgan fingerprint density at radius 2 is 2.04 bits per heavy atom. The fourth-order valence-electron chi connectivity index (χ4n) is 3.39. The van der Waals surface area contributed by atoms with Gasteiger partial charge in [-0.1, -0.05) is 5.16 Å². The molecule has 3 aromatic rings. The van der Waals surface area contributed by atoms with E-state index in [2.05, 4.69) is 20.1 Å². The monoisotopic (exact) mass is 347 g/mol. The Morgan fingerprint density at radius 3 is 2.85 bits per heavy atom. The third-order valence-corrected chi connectivity index (χ3v) is 4.97. The summed E-state index contributed by atoms with van der Waals surface area (Å²) in [5.74, 6) is 1.17. The number of carbonyl (C=O) groups is 1. The second-order valence-electron chi connectivity index (χ2n) is 6.75. The smallest absolute Gasteiger partial charge is 0.276 e. The third kappa shape index (κ3) is 2.65. The summed E-state index contributed by atoms with van der Waals surface area (Å²) in [7, 11) is 0. The first-order valence-corrected chi connectivity index (χ1v) is 8.78. The summed E-state index contributed by atoms with van der Waals surface area (Å²) in [6.45, 7) is 1.09. The van der Waals surface area contributed by atoms with E-state index in [0.29, 0.717) is 31.1 Å². The molecule has 0 radical (unpaired) electrons. The average Bonchev–Trinajstić information content (AvgIpc) is 3.44. The van der Waals surface area contributed by atoms with E-state index in [4.69, 9.17) is 4.52 Å². The van der Waals surface area contributed by atoms with Crippen molar-refractivity contribution in [1.82, 2.24) is 25.0 Å². The fourth-order valence-corrected chi connectivity index (χ4v) is 3.39. The van der Waals surface area contributed by atoms with Crippen LogP contribution < -0.4 is 0 Å². The molecule has 0 N–H and O–H groups in total. The van der Waals surface area contributed by atoms with E-state index in [-0.39, 0.29) is 5.91 Å². The molecule has 4 heterocycles. The lowest BCUT2D eigenvalue weighted by molar-refractivity contribution is 0.0723. The van der Waals surface area contributed by atoms with Crippen molar-refractivity contribution in [2.75, 3.05) is 6.54 Å². The number of rotatable bonds is 3. The van der Waals surface area contributed by atoms with Gasteiger partial charge in [0.1, 0.15) is 12.1 Å². The van der Waals surface area contributed by atoms with Crippen LogP contribution >= 0.6 is 0 Å². The van der Waals surface area contributed by atoms with Crippen LogP contribution in [0.2, 0.25) is 0 Å². The van der Waals surface area contributed by atoms with Gasteiger partial charge in [-0.05, 0) is 25.0 Å². The first kappa shape index (κ1) is 15.2. The van der Waals surface area contributed by atoms with Crippen molar-refractivity contribution < 1.29 is 9.32 Å². The van der Waals surface area contributed by atoms with E-state index >= 15 is 0 Å². The average molecular weight is 347 g/mol. The van der Waals surface area contributed by atoms with Gasteiger partial charge >= 0.3 is 0 Å². The highest BCUT2D eigenvalue weighted by molar-refractivity contribution is 5.92. The zero-order chi connectivity index (χ0) is 17.5. The largest absolute Gasteiger partial charge is 0.360 e. The Hall–Kier alpha value is -3.09. The van der Waals surface area contributed by atoms with E-state index in [0.717, 1.165) is 41.1 Å². The fraction of sp³-hybridized carbons (Fsp3) is 0.316. The van der Waals surface area contributed by atoms with E-state index in [1.807, 2.05) is 12.1 Å². The number of amides is 1. The van der Waals surface area contributed by atoms with Crippen molar-refractivity contribution in [2.24, 2.45) is 0 Å². The van der Waals surface area contributed by atoms with Gasteiger partial charge < -0.3 is 9.42 Å². The molecule has 2 aliphatic rings. The molecule has 1 fully saturated rings. The molecule has 5 rings (SSSR count). The SMILES string of the molecule is O=C(c1cc(C2CC2)on1)N1CCc2ncnc(-c3ccncc3)c2C1. The highest BCUT2D eigenvalue weighted by Gasteiger charge is 2.31. The number of carbonyl (C=O) groups excluding carboxylic acids is 1. The molecule has 26 heavy (non-hydrogen) atoms. The first-order chi connectivity index (χ1) is 12.8. The van der Waals surface area contributed by atoms with Gasteiger partial charge in [-0.25, -0.2) is 9.97 Å². The normalized spacial score (nSPS) is 16.4. The number of hydrogen-bond acceptors (Lipinski definition) is 6. The predicted molar refractivity (Wildman–Crippen MR) is 92.2 cm³/mol. The summed E-state index contributed by atoms with van der Waals surface area (Å²) >= 11 is 0. The van der Waals surface area contributed by atoms with Crippen LogP contribution in [0.4, 0.5) is 0 Å². The molecule has 1 aliphatic carbocycles. The van der Waals surface area contributed by atoms with Crippen molar-refractivity contribution >= 4 is 5.91 Å². The van der Waals surface area contributed by atoms with Crippen LogP contribution in [0.3, 0.4) is 0 Å². The minimum Gasteiger partial charge on any atom is -0.360 e. The quantitative estimate of drug-likeness (QED) is 0.724. The second-order valence-corrected chi connectivity index (χ2v) is 6.75. The molecule has 0 aromatic carbocycles. The summed E-state index contributed by atoms with van der Waals surface area (Å²) in [5.41, 5.74) is 4.20. The lowest BCUT2D eigenvalue weighted by atomic mass is 9.99. The van der Waals surface area contributed by atoms with E-state index < -0.39 is 0 Å². The van der Waals surface area contributed by atoms with Crippen LogP contribution in [-0.2, 0) is 13.0 Å². The lowest BCUT2D eigenvalue weighted by Gasteiger charge is -2.28.